The molecule has 0 aliphatic carbocycles. The van der Waals surface area contributed by atoms with E-state index in [0.717, 1.165) is 0 Å². The minimum absolute atomic E-state index is 0.00578. The molecule has 1 amide bonds. The summed E-state index contributed by atoms with van der Waals surface area (Å²) in [5.41, 5.74) is 1.05. The first-order chi connectivity index (χ1) is 11.8. The molecule has 0 saturated carbocycles. The first kappa shape index (κ1) is 19.1. The van der Waals surface area contributed by atoms with Crippen molar-refractivity contribution in [2.45, 2.75) is 30.8 Å². The van der Waals surface area contributed by atoms with E-state index in [1.165, 1.54) is 24.3 Å². The molecular weight excluding hydrogens is 340 g/mol. The van der Waals surface area contributed by atoms with Crippen molar-refractivity contribution in [3.63, 3.8) is 0 Å². The molecule has 0 aromatic heterocycles. The van der Waals surface area contributed by atoms with Gasteiger partial charge in [-0.15, -0.1) is 0 Å². The number of hydrogen-bond acceptors (Lipinski definition) is 4. The van der Waals surface area contributed by atoms with Crippen LogP contribution >= 0.6 is 0 Å². The van der Waals surface area contributed by atoms with Gasteiger partial charge in [-0.25, -0.2) is 13.1 Å². The molecule has 0 fully saturated rings. The van der Waals surface area contributed by atoms with Crippen molar-refractivity contribution in [3.05, 3.63) is 65.7 Å². The zero-order chi connectivity index (χ0) is 18.4. The zero-order valence-electron chi connectivity index (χ0n) is 14.1. The summed E-state index contributed by atoms with van der Waals surface area (Å²) >= 11 is 0. The van der Waals surface area contributed by atoms with Crippen LogP contribution in [0.3, 0.4) is 0 Å². The third-order valence-corrected chi connectivity index (χ3v) is 5.02. The van der Waals surface area contributed by atoms with Gasteiger partial charge >= 0.3 is 0 Å². The number of carbonyl (C=O) groups excluding carboxylic acids is 1. The molecule has 134 valence electrons. The summed E-state index contributed by atoms with van der Waals surface area (Å²) in [5, 5.41) is 12.3. The number of aliphatic hydroxyl groups excluding tert-OH is 1. The van der Waals surface area contributed by atoms with Crippen LogP contribution in [0.15, 0.2) is 59.5 Å². The van der Waals surface area contributed by atoms with Crippen LogP contribution in [0.5, 0.6) is 0 Å². The van der Waals surface area contributed by atoms with E-state index in [-0.39, 0.29) is 23.5 Å². The molecule has 0 aliphatic rings. The van der Waals surface area contributed by atoms with E-state index < -0.39 is 16.1 Å². The van der Waals surface area contributed by atoms with Gasteiger partial charge in [0.25, 0.3) is 5.91 Å². The summed E-state index contributed by atoms with van der Waals surface area (Å²) in [5.74, 6) is -0.260. The number of carbonyl (C=O) groups is 1. The van der Waals surface area contributed by atoms with E-state index in [0.29, 0.717) is 11.1 Å². The van der Waals surface area contributed by atoms with Gasteiger partial charge in [0.15, 0.2) is 0 Å². The molecule has 6 nitrogen and oxygen atoms in total. The molecule has 0 heterocycles. The quantitative estimate of drug-likeness (QED) is 0.700. The normalized spacial score (nSPS) is 12.8. The van der Waals surface area contributed by atoms with Crippen molar-refractivity contribution >= 4 is 15.9 Å². The highest BCUT2D eigenvalue weighted by atomic mass is 32.2. The van der Waals surface area contributed by atoms with Gasteiger partial charge < -0.3 is 10.4 Å². The number of hydrogen-bond donors (Lipinski definition) is 3. The van der Waals surface area contributed by atoms with Crippen LogP contribution < -0.4 is 10.0 Å². The van der Waals surface area contributed by atoms with Gasteiger partial charge in [-0.05, 0) is 43.7 Å². The lowest BCUT2D eigenvalue weighted by Crippen LogP contribution is -2.31. The molecular formula is C18H22N2O4S. The molecule has 2 rings (SSSR count). The number of sulfonamides is 1. The topological polar surface area (TPSA) is 95.5 Å². The molecule has 0 aliphatic heterocycles. The summed E-state index contributed by atoms with van der Waals surface area (Å²) in [6.07, 6.45) is 0. The Morgan fingerprint density at radius 2 is 1.64 bits per heavy atom. The molecule has 2 aromatic carbocycles. The molecule has 0 unspecified atom stereocenters. The number of rotatable bonds is 7. The fraction of sp³-hybridized carbons (Fsp3) is 0.278. The van der Waals surface area contributed by atoms with Gasteiger partial charge in [0.05, 0.1) is 17.5 Å². The van der Waals surface area contributed by atoms with Crippen molar-refractivity contribution < 1.29 is 18.3 Å². The third kappa shape index (κ3) is 5.12. The van der Waals surface area contributed by atoms with E-state index in [1.54, 1.807) is 24.3 Å². The number of aliphatic hydroxyl groups is 1. The number of benzene rings is 2. The lowest BCUT2D eigenvalue weighted by atomic mass is 10.1. The molecule has 0 saturated heterocycles. The Morgan fingerprint density at radius 3 is 2.16 bits per heavy atom. The van der Waals surface area contributed by atoms with Crippen molar-refractivity contribution in [2.24, 2.45) is 0 Å². The maximum Gasteiger partial charge on any atom is 0.251 e. The fourth-order valence-electron chi connectivity index (χ4n) is 2.28. The van der Waals surface area contributed by atoms with Gasteiger partial charge in [0.1, 0.15) is 0 Å². The summed E-state index contributed by atoms with van der Waals surface area (Å²) in [6, 6.07) is 13.8. The SMILES string of the molecule is CC(C)NC(=O)c1ccc(S(=O)(=O)N[C@@H](CO)c2ccccc2)cc1. The van der Waals surface area contributed by atoms with Crippen LogP contribution in [-0.2, 0) is 10.0 Å². The molecule has 25 heavy (non-hydrogen) atoms. The highest BCUT2D eigenvalue weighted by Crippen LogP contribution is 2.17. The summed E-state index contributed by atoms with van der Waals surface area (Å²) in [4.78, 5) is 11.9. The average Bonchev–Trinajstić information content (AvgIpc) is 2.60. The second-order valence-corrected chi connectivity index (χ2v) is 7.63. The number of nitrogens with one attached hydrogen (secondary N) is 2. The Kier molecular flexibility index (Phi) is 6.30. The predicted octanol–water partition coefficient (Wildman–Crippen LogP) is 1.84. The summed E-state index contributed by atoms with van der Waals surface area (Å²) in [7, 11) is -3.83. The van der Waals surface area contributed by atoms with E-state index in [1.807, 2.05) is 19.9 Å². The van der Waals surface area contributed by atoms with Gasteiger partial charge in [0, 0.05) is 11.6 Å². The molecule has 2 aromatic rings. The van der Waals surface area contributed by atoms with Gasteiger partial charge in [-0.1, -0.05) is 30.3 Å². The van der Waals surface area contributed by atoms with Crippen molar-refractivity contribution in [3.8, 4) is 0 Å². The standard InChI is InChI=1S/C18H22N2O4S/c1-13(2)19-18(22)15-8-10-16(11-9-15)25(23,24)20-17(12-21)14-6-4-3-5-7-14/h3-11,13,17,20-21H,12H2,1-2H3,(H,19,22)/t17-/m0/s1. The smallest absolute Gasteiger partial charge is 0.251 e. The van der Waals surface area contributed by atoms with Gasteiger partial charge in [-0.3, -0.25) is 4.79 Å². The van der Waals surface area contributed by atoms with Crippen LogP contribution in [0.4, 0.5) is 0 Å². The highest BCUT2D eigenvalue weighted by molar-refractivity contribution is 7.89. The molecule has 3 N–H and O–H groups in total. The largest absolute Gasteiger partial charge is 0.394 e. The van der Waals surface area contributed by atoms with Crippen LogP contribution in [-0.4, -0.2) is 32.1 Å². The second-order valence-electron chi connectivity index (χ2n) is 5.92. The van der Waals surface area contributed by atoms with E-state index in [9.17, 15) is 18.3 Å². The van der Waals surface area contributed by atoms with Crippen molar-refractivity contribution in [1.29, 1.82) is 0 Å². The average molecular weight is 362 g/mol. The molecule has 1 atom stereocenters. The van der Waals surface area contributed by atoms with E-state index >= 15 is 0 Å². The zero-order valence-corrected chi connectivity index (χ0v) is 15.0. The first-order valence-electron chi connectivity index (χ1n) is 7.92. The maximum absolute atomic E-state index is 12.5. The van der Waals surface area contributed by atoms with Gasteiger partial charge in [-0.2, -0.15) is 0 Å². The van der Waals surface area contributed by atoms with E-state index in [2.05, 4.69) is 10.0 Å². The second kappa shape index (κ2) is 8.24. The Hall–Kier alpha value is -2.22. The van der Waals surface area contributed by atoms with Crippen molar-refractivity contribution in [2.75, 3.05) is 6.61 Å². The van der Waals surface area contributed by atoms with Crippen molar-refractivity contribution in [1.82, 2.24) is 10.0 Å². The molecule has 0 bridgehead atoms. The summed E-state index contributed by atoms with van der Waals surface area (Å²) < 4.78 is 27.5. The lowest BCUT2D eigenvalue weighted by Gasteiger charge is -2.17. The van der Waals surface area contributed by atoms with Crippen LogP contribution in [0.2, 0.25) is 0 Å². The Bertz CT molecular complexity index is 803. The monoisotopic (exact) mass is 362 g/mol. The fourth-order valence-corrected chi connectivity index (χ4v) is 3.50. The van der Waals surface area contributed by atoms with Crippen LogP contribution in [0.1, 0.15) is 35.8 Å². The predicted molar refractivity (Wildman–Crippen MR) is 95.6 cm³/mol. The molecule has 0 radical (unpaired) electrons. The van der Waals surface area contributed by atoms with E-state index in [4.69, 9.17) is 0 Å². The Labute approximate surface area is 147 Å². The Morgan fingerprint density at radius 1 is 1.04 bits per heavy atom. The molecule has 0 spiro atoms. The number of amides is 1. The van der Waals surface area contributed by atoms with Gasteiger partial charge in [0.2, 0.25) is 10.0 Å². The van der Waals surface area contributed by atoms with Crippen LogP contribution in [0.25, 0.3) is 0 Å². The summed E-state index contributed by atoms with van der Waals surface area (Å²) in [6.45, 7) is 3.33. The maximum atomic E-state index is 12.5. The minimum atomic E-state index is -3.83. The third-order valence-electron chi connectivity index (χ3n) is 3.53. The first-order valence-corrected chi connectivity index (χ1v) is 9.41. The highest BCUT2D eigenvalue weighted by Gasteiger charge is 2.21. The Balaban J connectivity index is 2.17. The van der Waals surface area contributed by atoms with Crippen LogP contribution in [0, 0.1) is 0 Å². The minimum Gasteiger partial charge on any atom is -0.394 e. The molecule has 7 heteroatoms. The lowest BCUT2D eigenvalue weighted by molar-refractivity contribution is 0.0943.